The van der Waals surface area contributed by atoms with Gasteiger partial charge in [-0.2, -0.15) is 5.26 Å². The quantitative estimate of drug-likeness (QED) is 0.700. The van der Waals surface area contributed by atoms with E-state index in [1.807, 2.05) is 50.1 Å². The van der Waals surface area contributed by atoms with Crippen LogP contribution in [0.5, 0.6) is 5.75 Å². The van der Waals surface area contributed by atoms with Crippen molar-refractivity contribution >= 4 is 22.8 Å². The number of carbonyl (C=O) groups excluding carboxylic acids is 1. The lowest BCUT2D eigenvalue weighted by molar-refractivity contribution is -0.134. The van der Waals surface area contributed by atoms with Crippen molar-refractivity contribution in [1.82, 2.24) is 14.9 Å². The van der Waals surface area contributed by atoms with E-state index in [0.717, 1.165) is 18.5 Å². The standard InChI is InChI=1S/C24H25N5O2/c1-15(2)24(31)28(3)17-10-11-29(14-17)23-22(18-12-16(13-25)8-9-21(18)30)26-19-6-4-5-7-20(19)27-23/h4-9,12,15,17,30H,10-11,14H2,1-3H3/t17-/m0/s1. The number of benzene rings is 2. The van der Waals surface area contributed by atoms with E-state index >= 15 is 0 Å². The van der Waals surface area contributed by atoms with Crippen molar-refractivity contribution in [3.8, 4) is 23.1 Å². The Kier molecular flexibility index (Phi) is 5.47. The van der Waals surface area contributed by atoms with E-state index in [-0.39, 0.29) is 23.6 Å². The Morgan fingerprint density at radius 3 is 2.61 bits per heavy atom. The molecule has 2 heterocycles. The zero-order valence-electron chi connectivity index (χ0n) is 17.9. The molecule has 1 saturated heterocycles. The van der Waals surface area contributed by atoms with E-state index in [0.29, 0.717) is 34.7 Å². The van der Waals surface area contributed by atoms with Crippen LogP contribution in [-0.4, -0.2) is 52.1 Å². The number of nitrogens with zero attached hydrogens (tertiary/aromatic N) is 5. The Labute approximate surface area is 181 Å². The molecular weight excluding hydrogens is 390 g/mol. The van der Waals surface area contributed by atoms with Gasteiger partial charge >= 0.3 is 0 Å². The molecule has 0 aliphatic carbocycles. The topological polar surface area (TPSA) is 93.4 Å². The first-order valence-corrected chi connectivity index (χ1v) is 10.4. The summed E-state index contributed by atoms with van der Waals surface area (Å²) in [6.07, 6.45) is 0.827. The summed E-state index contributed by atoms with van der Waals surface area (Å²) >= 11 is 0. The average molecular weight is 415 g/mol. The van der Waals surface area contributed by atoms with Gasteiger partial charge in [0.25, 0.3) is 0 Å². The molecule has 158 valence electrons. The molecule has 0 bridgehead atoms. The first kappa shape index (κ1) is 20.6. The van der Waals surface area contributed by atoms with Crippen LogP contribution in [0.2, 0.25) is 0 Å². The summed E-state index contributed by atoms with van der Waals surface area (Å²) in [5.41, 5.74) is 2.92. The van der Waals surface area contributed by atoms with Crippen molar-refractivity contribution in [3.63, 3.8) is 0 Å². The maximum Gasteiger partial charge on any atom is 0.225 e. The minimum absolute atomic E-state index is 0.0488. The molecule has 1 fully saturated rings. The summed E-state index contributed by atoms with van der Waals surface area (Å²) in [6.45, 7) is 5.17. The molecule has 0 radical (unpaired) electrons. The van der Waals surface area contributed by atoms with Crippen LogP contribution >= 0.6 is 0 Å². The van der Waals surface area contributed by atoms with Gasteiger partial charge in [-0.1, -0.05) is 26.0 Å². The Hall–Kier alpha value is -3.66. The summed E-state index contributed by atoms with van der Waals surface area (Å²) in [5, 5.41) is 19.9. The van der Waals surface area contributed by atoms with Gasteiger partial charge in [0.1, 0.15) is 11.4 Å². The fourth-order valence-corrected chi connectivity index (χ4v) is 4.02. The molecule has 0 unspecified atom stereocenters. The Morgan fingerprint density at radius 2 is 1.94 bits per heavy atom. The number of anilines is 1. The monoisotopic (exact) mass is 415 g/mol. The van der Waals surface area contributed by atoms with Gasteiger partial charge in [-0.05, 0) is 36.8 Å². The number of hydrogen-bond acceptors (Lipinski definition) is 6. The molecule has 4 rings (SSSR count). The van der Waals surface area contributed by atoms with Crippen LogP contribution in [0.15, 0.2) is 42.5 Å². The minimum atomic E-state index is -0.0549. The number of phenolic OH excluding ortho intramolecular Hbond substituents is 1. The van der Waals surface area contributed by atoms with Crippen LogP contribution in [0, 0.1) is 17.2 Å². The highest BCUT2D eigenvalue weighted by Crippen LogP contribution is 2.37. The Bertz CT molecular complexity index is 1180. The zero-order valence-corrected chi connectivity index (χ0v) is 17.9. The number of aromatic hydroxyl groups is 1. The second-order valence-corrected chi connectivity index (χ2v) is 8.22. The smallest absolute Gasteiger partial charge is 0.225 e. The number of phenols is 1. The van der Waals surface area contributed by atoms with E-state index in [2.05, 4.69) is 11.0 Å². The molecule has 0 spiro atoms. The van der Waals surface area contributed by atoms with Crippen molar-refractivity contribution in [2.24, 2.45) is 5.92 Å². The first-order chi connectivity index (χ1) is 14.9. The van der Waals surface area contributed by atoms with Gasteiger partial charge < -0.3 is 14.9 Å². The molecule has 0 saturated carbocycles. The molecular formula is C24H25N5O2. The van der Waals surface area contributed by atoms with Crippen LogP contribution in [0.3, 0.4) is 0 Å². The molecule has 1 atom stereocenters. The highest BCUT2D eigenvalue weighted by molar-refractivity contribution is 5.86. The summed E-state index contributed by atoms with van der Waals surface area (Å²) < 4.78 is 0. The SMILES string of the molecule is CC(C)C(=O)N(C)[C@H]1CCN(c2nc3ccccc3nc2-c2cc(C#N)ccc2O)C1. The van der Waals surface area contributed by atoms with Crippen LogP contribution in [0.25, 0.3) is 22.3 Å². The number of hydrogen-bond donors (Lipinski definition) is 1. The van der Waals surface area contributed by atoms with Crippen LogP contribution < -0.4 is 4.90 Å². The Morgan fingerprint density at radius 1 is 1.23 bits per heavy atom. The molecule has 1 aliphatic rings. The lowest BCUT2D eigenvalue weighted by Crippen LogP contribution is -2.41. The molecule has 2 aromatic carbocycles. The van der Waals surface area contributed by atoms with Gasteiger partial charge in [0.05, 0.1) is 28.7 Å². The predicted octanol–water partition coefficient (Wildman–Crippen LogP) is 3.57. The molecule has 7 heteroatoms. The largest absolute Gasteiger partial charge is 0.507 e. The van der Waals surface area contributed by atoms with E-state index in [4.69, 9.17) is 9.97 Å². The van der Waals surface area contributed by atoms with Crippen molar-refractivity contribution in [2.45, 2.75) is 26.3 Å². The van der Waals surface area contributed by atoms with E-state index in [9.17, 15) is 15.2 Å². The number of amides is 1. The van der Waals surface area contributed by atoms with Crippen molar-refractivity contribution in [3.05, 3.63) is 48.0 Å². The number of rotatable bonds is 4. The molecule has 3 aromatic rings. The number of fused-ring (bicyclic) bond motifs is 1. The lowest BCUT2D eigenvalue weighted by atomic mass is 10.1. The normalized spacial score (nSPS) is 16.0. The molecule has 1 aliphatic heterocycles. The summed E-state index contributed by atoms with van der Waals surface area (Å²) in [5.74, 6) is 0.765. The van der Waals surface area contributed by atoms with Gasteiger partial charge in [-0.3, -0.25) is 4.79 Å². The number of carbonyl (C=O) groups is 1. The van der Waals surface area contributed by atoms with Crippen molar-refractivity contribution in [1.29, 1.82) is 5.26 Å². The van der Waals surface area contributed by atoms with Gasteiger partial charge in [-0.15, -0.1) is 0 Å². The van der Waals surface area contributed by atoms with Crippen LogP contribution in [-0.2, 0) is 4.79 Å². The minimum Gasteiger partial charge on any atom is -0.507 e. The third kappa shape index (κ3) is 3.89. The summed E-state index contributed by atoms with van der Waals surface area (Å²) in [7, 11) is 1.85. The highest BCUT2D eigenvalue weighted by atomic mass is 16.3. The van der Waals surface area contributed by atoms with E-state index in [1.54, 1.807) is 12.1 Å². The van der Waals surface area contributed by atoms with Crippen LogP contribution in [0.4, 0.5) is 5.82 Å². The molecule has 1 aromatic heterocycles. The fraction of sp³-hybridized carbons (Fsp3) is 0.333. The van der Waals surface area contributed by atoms with Crippen LogP contribution in [0.1, 0.15) is 25.8 Å². The maximum atomic E-state index is 12.5. The number of para-hydroxylation sites is 2. The van der Waals surface area contributed by atoms with Gasteiger partial charge in [-0.25, -0.2) is 9.97 Å². The maximum absolute atomic E-state index is 12.5. The average Bonchev–Trinajstić information content (AvgIpc) is 3.27. The molecule has 1 N–H and O–H groups in total. The summed E-state index contributed by atoms with van der Waals surface area (Å²) in [4.78, 5) is 26.1. The first-order valence-electron chi connectivity index (χ1n) is 10.4. The second kappa shape index (κ2) is 8.23. The zero-order chi connectivity index (χ0) is 22.1. The van der Waals surface area contributed by atoms with E-state index in [1.165, 1.54) is 6.07 Å². The van der Waals surface area contributed by atoms with E-state index < -0.39 is 0 Å². The second-order valence-electron chi connectivity index (χ2n) is 8.22. The molecule has 1 amide bonds. The van der Waals surface area contributed by atoms with Gasteiger partial charge in [0.2, 0.25) is 5.91 Å². The van der Waals surface area contributed by atoms with Gasteiger partial charge in [0.15, 0.2) is 5.82 Å². The number of aromatic nitrogens is 2. The number of nitriles is 1. The van der Waals surface area contributed by atoms with Gasteiger partial charge in [0, 0.05) is 31.6 Å². The van der Waals surface area contributed by atoms with Crippen molar-refractivity contribution in [2.75, 3.05) is 25.0 Å². The molecule has 7 nitrogen and oxygen atoms in total. The third-order valence-electron chi connectivity index (χ3n) is 5.79. The third-order valence-corrected chi connectivity index (χ3v) is 5.79. The lowest BCUT2D eigenvalue weighted by Gasteiger charge is -2.27. The van der Waals surface area contributed by atoms with Crippen molar-refractivity contribution < 1.29 is 9.90 Å². The summed E-state index contributed by atoms with van der Waals surface area (Å²) in [6, 6.07) is 14.5. The highest BCUT2D eigenvalue weighted by Gasteiger charge is 2.32. The predicted molar refractivity (Wildman–Crippen MR) is 120 cm³/mol. The molecule has 31 heavy (non-hydrogen) atoms. The Balaban J connectivity index is 1.78. The fourth-order valence-electron chi connectivity index (χ4n) is 4.02. The number of likely N-dealkylation sites (N-methyl/N-ethyl adjacent to an activating group) is 1.